The Kier molecular flexibility index (Phi) is 6.17. The highest BCUT2D eigenvalue weighted by Gasteiger charge is 2.12. The first-order valence-electron chi connectivity index (χ1n) is 9.24. The van der Waals surface area contributed by atoms with Crippen molar-refractivity contribution in [1.82, 2.24) is 14.7 Å². The molecule has 1 fully saturated rings. The molecule has 1 aromatic heterocycles. The van der Waals surface area contributed by atoms with Gasteiger partial charge in [-0.15, -0.1) is 0 Å². The smallest absolute Gasteiger partial charge is 0.216 e. The zero-order valence-electron chi connectivity index (χ0n) is 15.4. The molecule has 28 heavy (non-hydrogen) atoms. The van der Waals surface area contributed by atoms with Crippen LogP contribution in [0.5, 0.6) is 5.88 Å². The predicted octanol–water partition coefficient (Wildman–Crippen LogP) is 4.56. The summed E-state index contributed by atoms with van der Waals surface area (Å²) in [6.45, 7) is 4.98. The van der Waals surface area contributed by atoms with Crippen LogP contribution in [0.1, 0.15) is 0 Å². The van der Waals surface area contributed by atoms with Crippen LogP contribution in [0, 0.1) is 0 Å². The van der Waals surface area contributed by atoms with Gasteiger partial charge in [-0.05, 0) is 23.8 Å². The van der Waals surface area contributed by atoms with Gasteiger partial charge < -0.3 is 9.47 Å². The molecule has 5 nitrogen and oxygen atoms in total. The van der Waals surface area contributed by atoms with Gasteiger partial charge in [-0.3, -0.25) is 4.90 Å². The van der Waals surface area contributed by atoms with Crippen molar-refractivity contribution in [2.24, 2.45) is 0 Å². The second-order valence-corrected chi connectivity index (χ2v) is 7.32. The van der Waals surface area contributed by atoms with Crippen LogP contribution >= 0.6 is 23.2 Å². The lowest BCUT2D eigenvalue weighted by molar-refractivity contribution is 0.0318. The number of nitrogens with zero attached hydrogens (tertiary/aromatic N) is 3. The zero-order valence-corrected chi connectivity index (χ0v) is 16.9. The second kappa shape index (κ2) is 8.97. The van der Waals surface area contributed by atoms with E-state index in [1.54, 1.807) is 16.9 Å². The number of rotatable bonds is 6. The van der Waals surface area contributed by atoms with Crippen molar-refractivity contribution in [3.05, 3.63) is 64.8 Å². The van der Waals surface area contributed by atoms with Crippen LogP contribution in [0.15, 0.2) is 54.7 Å². The van der Waals surface area contributed by atoms with E-state index in [0.29, 0.717) is 16.7 Å². The molecule has 146 valence electrons. The van der Waals surface area contributed by atoms with Crippen molar-refractivity contribution in [2.75, 3.05) is 39.5 Å². The Hall–Kier alpha value is -2.05. The van der Waals surface area contributed by atoms with Crippen molar-refractivity contribution < 1.29 is 9.47 Å². The predicted molar refractivity (Wildman–Crippen MR) is 112 cm³/mol. The van der Waals surface area contributed by atoms with Gasteiger partial charge in [0.2, 0.25) is 5.88 Å². The van der Waals surface area contributed by atoms with E-state index < -0.39 is 0 Å². The Balaban J connectivity index is 1.45. The Morgan fingerprint density at radius 1 is 1.00 bits per heavy atom. The molecule has 1 aliphatic rings. The normalized spacial score (nSPS) is 14.9. The summed E-state index contributed by atoms with van der Waals surface area (Å²) < 4.78 is 13.1. The molecule has 2 heterocycles. The number of hydrogen-bond acceptors (Lipinski definition) is 4. The van der Waals surface area contributed by atoms with E-state index in [4.69, 9.17) is 32.7 Å². The van der Waals surface area contributed by atoms with Crippen LogP contribution in [0.4, 0.5) is 0 Å². The molecule has 1 aliphatic heterocycles. The number of hydrogen-bond donors (Lipinski definition) is 0. The summed E-state index contributed by atoms with van der Waals surface area (Å²) in [7, 11) is 0. The molecular weight excluding hydrogens is 397 g/mol. The minimum Gasteiger partial charge on any atom is -0.476 e. The van der Waals surface area contributed by atoms with Gasteiger partial charge in [0, 0.05) is 31.3 Å². The van der Waals surface area contributed by atoms with E-state index in [9.17, 15) is 0 Å². The van der Waals surface area contributed by atoms with Crippen molar-refractivity contribution >= 4 is 23.2 Å². The molecule has 0 radical (unpaired) electrons. The van der Waals surface area contributed by atoms with Crippen molar-refractivity contribution in [1.29, 1.82) is 0 Å². The molecule has 2 aromatic carbocycles. The first-order valence-corrected chi connectivity index (χ1v) is 10.00. The van der Waals surface area contributed by atoms with E-state index >= 15 is 0 Å². The molecule has 0 unspecified atom stereocenters. The topological polar surface area (TPSA) is 39.5 Å². The molecule has 0 amide bonds. The van der Waals surface area contributed by atoms with Crippen LogP contribution < -0.4 is 4.74 Å². The number of benzene rings is 2. The van der Waals surface area contributed by atoms with Crippen LogP contribution in [-0.2, 0) is 4.74 Å². The third kappa shape index (κ3) is 4.33. The summed E-state index contributed by atoms with van der Waals surface area (Å²) in [6.07, 6.45) is 1.74. The van der Waals surface area contributed by atoms with E-state index in [1.165, 1.54) is 0 Å². The Morgan fingerprint density at radius 2 is 1.79 bits per heavy atom. The number of ether oxygens (including phenoxy) is 2. The summed E-state index contributed by atoms with van der Waals surface area (Å²) in [5.41, 5.74) is 2.83. The average Bonchev–Trinajstić information content (AvgIpc) is 3.20. The number of morpholine rings is 1. The molecule has 0 aliphatic carbocycles. The van der Waals surface area contributed by atoms with Crippen LogP contribution in [-0.4, -0.2) is 54.1 Å². The fourth-order valence-corrected chi connectivity index (χ4v) is 3.62. The van der Waals surface area contributed by atoms with Gasteiger partial charge in [-0.2, -0.15) is 5.10 Å². The highest BCUT2D eigenvalue weighted by Crippen LogP contribution is 2.33. The fourth-order valence-electron chi connectivity index (χ4n) is 3.21. The Bertz CT molecular complexity index is 922. The molecular formula is C21H21Cl2N3O2. The molecule has 0 N–H and O–H groups in total. The quantitative estimate of drug-likeness (QED) is 0.589. The first-order chi connectivity index (χ1) is 13.7. The van der Waals surface area contributed by atoms with Crippen molar-refractivity contribution in [3.8, 4) is 22.7 Å². The maximum Gasteiger partial charge on any atom is 0.216 e. The molecule has 1 saturated heterocycles. The molecule has 3 aromatic rings. The maximum absolute atomic E-state index is 6.33. The van der Waals surface area contributed by atoms with Gasteiger partial charge >= 0.3 is 0 Å². The second-order valence-electron chi connectivity index (χ2n) is 6.53. The highest BCUT2D eigenvalue weighted by atomic mass is 35.5. The lowest BCUT2D eigenvalue weighted by atomic mass is 10.1. The largest absolute Gasteiger partial charge is 0.476 e. The highest BCUT2D eigenvalue weighted by molar-refractivity contribution is 6.43. The van der Waals surface area contributed by atoms with Crippen molar-refractivity contribution in [3.63, 3.8) is 0 Å². The average molecular weight is 418 g/mol. The molecule has 0 spiro atoms. The summed E-state index contributed by atoms with van der Waals surface area (Å²) in [5, 5.41) is 5.50. The minimum absolute atomic E-state index is 0.547. The van der Waals surface area contributed by atoms with E-state index in [0.717, 1.165) is 55.5 Å². The third-order valence-electron chi connectivity index (χ3n) is 4.74. The van der Waals surface area contributed by atoms with Gasteiger partial charge in [-0.25, -0.2) is 4.68 Å². The van der Waals surface area contributed by atoms with Crippen molar-refractivity contribution in [2.45, 2.75) is 0 Å². The minimum atomic E-state index is 0.547. The van der Waals surface area contributed by atoms with Gasteiger partial charge in [0.05, 0.1) is 35.1 Å². The lowest BCUT2D eigenvalue weighted by Crippen LogP contribution is -2.38. The fraction of sp³-hybridized carbons (Fsp3) is 0.286. The van der Waals surface area contributed by atoms with Gasteiger partial charge in [0.25, 0.3) is 0 Å². The van der Waals surface area contributed by atoms with Gasteiger partial charge in [0.1, 0.15) is 6.61 Å². The van der Waals surface area contributed by atoms with Crippen LogP contribution in [0.25, 0.3) is 16.8 Å². The molecule has 0 saturated carbocycles. The van der Waals surface area contributed by atoms with E-state index in [2.05, 4.69) is 10.00 Å². The van der Waals surface area contributed by atoms with Gasteiger partial charge in [0.15, 0.2) is 0 Å². The SMILES string of the molecule is Clc1cccc(-c2ccc(-n3nccc3OCCN3CCOCC3)cc2)c1Cl. The summed E-state index contributed by atoms with van der Waals surface area (Å²) in [4.78, 5) is 2.34. The van der Waals surface area contributed by atoms with E-state index in [-0.39, 0.29) is 0 Å². The maximum atomic E-state index is 6.33. The van der Waals surface area contributed by atoms with Crippen LogP contribution in [0.2, 0.25) is 10.0 Å². The lowest BCUT2D eigenvalue weighted by Gasteiger charge is -2.26. The first kappa shape index (κ1) is 19.3. The van der Waals surface area contributed by atoms with E-state index in [1.807, 2.05) is 42.5 Å². The molecule has 0 atom stereocenters. The third-order valence-corrected chi connectivity index (χ3v) is 5.56. The summed E-state index contributed by atoms with van der Waals surface area (Å²) in [5.74, 6) is 0.724. The molecule has 7 heteroatoms. The zero-order chi connectivity index (χ0) is 19.3. The molecule has 4 rings (SSSR count). The Labute approximate surface area is 174 Å². The summed E-state index contributed by atoms with van der Waals surface area (Å²) >= 11 is 12.5. The monoisotopic (exact) mass is 417 g/mol. The number of aromatic nitrogens is 2. The van der Waals surface area contributed by atoms with Gasteiger partial charge in [-0.1, -0.05) is 47.5 Å². The Morgan fingerprint density at radius 3 is 2.57 bits per heavy atom. The number of halogens is 2. The summed E-state index contributed by atoms with van der Waals surface area (Å²) in [6, 6.07) is 15.5. The standard InChI is InChI=1S/C21H21Cl2N3O2/c22-19-3-1-2-18(21(19)23)16-4-6-17(7-5-16)26-20(8-9-24-26)28-15-12-25-10-13-27-14-11-25/h1-9H,10-15H2. The molecule has 0 bridgehead atoms. The van der Waals surface area contributed by atoms with Crippen LogP contribution in [0.3, 0.4) is 0 Å².